The van der Waals surface area contributed by atoms with E-state index in [-0.39, 0.29) is 18.1 Å². The van der Waals surface area contributed by atoms with Gasteiger partial charge >= 0.3 is 0 Å². The number of hydrogen-bond acceptors (Lipinski definition) is 3. The van der Waals surface area contributed by atoms with Crippen molar-refractivity contribution in [3.05, 3.63) is 59.4 Å². The highest BCUT2D eigenvalue weighted by atomic mass is 16.5. The summed E-state index contributed by atoms with van der Waals surface area (Å²) in [4.78, 5) is 15.4. The smallest absolute Gasteiger partial charge is 0.272 e. The minimum absolute atomic E-state index is 0.0131. The van der Waals surface area contributed by atoms with Gasteiger partial charge in [-0.1, -0.05) is 12.1 Å². The highest BCUT2D eigenvalue weighted by molar-refractivity contribution is 5.94. The fourth-order valence-corrected chi connectivity index (χ4v) is 4.02. The monoisotopic (exact) mass is 392 g/mol. The second-order valence-electron chi connectivity index (χ2n) is 8.09. The lowest BCUT2D eigenvalue weighted by atomic mass is 10.1. The van der Waals surface area contributed by atoms with Crippen molar-refractivity contribution in [1.82, 2.24) is 19.2 Å². The van der Waals surface area contributed by atoms with Gasteiger partial charge in [0.1, 0.15) is 11.4 Å². The zero-order valence-corrected chi connectivity index (χ0v) is 17.7. The number of carbonyl (C=O) groups excluding carboxylic acids is 1. The fraction of sp³-hybridized carbons (Fsp3) is 0.391. The van der Waals surface area contributed by atoms with Gasteiger partial charge in [-0.3, -0.25) is 4.79 Å². The van der Waals surface area contributed by atoms with Gasteiger partial charge in [-0.05, 0) is 63.1 Å². The zero-order chi connectivity index (χ0) is 20.7. The van der Waals surface area contributed by atoms with Crippen LogP contribution in [0.25, 0.3) is 17.1 Å². The molecular formula is C23H28N4O2. The lowest BCUT2D eigenvalue weighted by molar-refractivity contribution is -0.0588. The van der Waals surface area contributed by atoms with Crippen LogP contribution in [-0.4, -0.2) is 50.5 Å². The summed E-state index contributed by atoms with van der Waals surface area (Å²) in [6.07, 6.45) is 2.03. The van der Waals surface area contributed by atoms with Gasteiger partial charge in [-0.2, -0.15) is 5.10 Å². The van der Waals surface area contributed by atoms with Gasteiger partial charge in [0.05, 0.1) is 23.6 Å². The largest absolute Gasteiger partial charge is 0.372 e. The van der Waals surface area contributed by atoms with E-state index in [9.17, 15) is 4.79 Å². The average Bonchev–Trinajstić information content (AvgIpc) is 3.28. The number of hydrogen-bond donors (Lipinski definition) is 0. The van der Waals surface area contributed by atoms with E-state index >= 15 is 0 Å². The first kappa shape index (κ1) is 19.5. The predicted octanol–water partition coefficient (Wildman–Crippen LogP) is 3.74. The van der Waals surface area contributed by atoms with Crippen LogP contribution < -0.4 is 0 Å². The van der Waals surface area contributed by atoms with Crippen molar-refractivity contribution in [2.45, 2.75) is 39.9 Å². The molecule has 1 aliphatic rings. The Balaban J connectivity index is 1.83. The molecule has 1 amide bonds. The molecule has 0 radical (unpaired) electrons. The number of aromatic nitrogens is 3. The Morgan fingerprint density at radius 3 is 2.48 bits per heavy atom. The van der Waals surface area contributed by atoms with E-state index in [1.54, 1.807) is 4.68 Å². The standard InChI is InChI=1S/C23H28N4O2/c1-15-8-9-16(2)21(11-15)27-22(12-19(24-27)20-7-6-10-25(20)5)23(28)26-13-17(3)29-18(4)14-26/h6-12,17-18H,13-14H2,1-5H3/t17-,18+. The first-order chi connectivity index (χ1) is 13.8. The van der Waals surface area contributed by atoms with Crippen molar-refractivity contribution in [3.8, 4) is 17.1 Å². The molecule has 1 fully saturated rings. The molecule has 6 heteroatoms. The molecule has 0 aliphatic carbocycles. The SMILES string of the molecule is Cc1ccc(C)c(-n2nc(-c3cccn3C)cc2C(=O)N2C[C@@H](C)O[C@@H](C)C2)c1. The summed E-state index contributed by atoms with van der Waals surface area (Å²) in [5, 5.41) is 4.86. The van der Waals surface area contributed by atoms with Crippen molar-refractivity contribution in [1.29, 1.82) is 0 Å². The quantitative estimate of drug-likeness (QED) is 0.682. The molecule has 152 valence electrons. The summed E-state index contributed by atoms with van der Waals surface area (Å²) in [6.45, 7) is 9.28. The molecule has 0 saturated carbocycles. The normalized spacial score (nSPS) is 19.6. The second kappa shape index (κ2) is 7.52. The minimum atomic E-state index is -0.0131. The first-order valence-electron chi connectivity index (χ1n) is 10.1. The van der Waals surface area contributed by atoms with E-state index in [0.717, 1.165) is 28.2 Å². The van der Waals surface area contributed by atoms with Gasteiger partial charge in [-0.25, -0.2) is 4.68 Å². The van der Waals surface area contributed by atoms with Gasteiger partial charge in [-0.15, -0.1) is 0 Å². The van der Waals surface area contributed by atoms with Gasteiger partial charge < -0.3 is 14.2 Å². The molecule has 1 saturated heterocycles. The summed E-state index contributed by atoms with van der Waals surface area (Å²) in [7, 11) is 1.99. The van der Waals surface area contributed by atoms with Crippen LogP contribution in [0.4, 0.5) is 0 Å². The minimum Gasteiger partial charge on any atom is -0.372 e. The Morgan fingerprint density at radius 1 is 1.10 bits per heavy atom. The Morgan fingerprint density at radius 2 is 1.83 bits per heavy atom. The molecule has 0 bridgehead atoms. The van der Waals surface area contributed by atoms with Crippen molar-refractivity contribution < 1.29 is 9.53 Å². The molecule has 4 rings (SSSR count). The molecule has 1 aliphatic heterocycles. The van der Waals surface area contributed by atoms with E-state index < -0.39 is 0 Å². The number of carbonyl (C=O) groups is 1. The Hall–Kier alpha value is -2.86. The summed E-state index contributed by atoms with van der Waals surface area (Å²) < 4.78 is 9.63. The topological polar surface area (TPSA) is 52.3 Å². The number of nitrogens with zero attached hydrogens (tertiary/aromatic N) is 4. The third kappa shape index (κ3) is 3.72. The molecule has 2 aromatic heterocycles. The number of rotatable bonds is 3. The summed E-state index contributed by atoms with van der Waals surface area (Å²) in [5.41, 5.74) is 5.49. The van der Waals surface area contributed by atoms with Gasteiger partial charge in [0.2, 0.25) is 0 Å². The average molecular weight is 393 g/mol. The van der Waals surface area contributed by atoms with Gasteiger partial charge in [0.15, 0.2) is 0 Å². The van der Waals surface area contributed by atoms with E-state index in [4.69, 9.17) is 9.84 Å². The number of ether oxygens (including phenoxy) is 1. The maximum Gasteiger partial charge on any atom is 0.272 e. The molecule has 0 spiro atoms. The third-order valence-electron chi connectivity index (χ3n) is 5.43. The van der Waals surface area contributed by atoms with E-state index in [1.807, 2.05) is 61.7 Å². The number of amides is 1. The second-order valence-corrected chi connectivity index (χ2v) is 8.09. The van der Waals surface area contributed by atoms with Crippen LogP contribution in [0.5, 0.6) is 0 Å². The Bertz CT molecular complexity index is 1040. The molecule has 3 heterocycles. The van der Waals surface area contributed by atoms with Crippen molar-refractivity contribution in [2.75, 3.05) is 13.1 Å². The van der Waals surface area contributed by atoms with Crippen molar-refractivity contribution in [3.63, 3.8) is 0 Å². The van der Waals surface area contributed by atoms with Crippen molar-refractivity contribution in [2.24, 2.45) is 7.05 Å². The summed E-state index contributed by atoms with van der Waals surface area (Å²) in [6, 6.07) is 12.1. The summed E-state index contributed by atoms with van der Waals surface area (Å²) in [5.74, 6) is -0.0131. The van der Waals surface area contributed by atoms with Gasteiger partial charge in [0.25, 0.3) is 5.91 Å². The van der Waals surface area contributed by atoms with Crippen molar-refractivity contribution >= 4 is 5.91 Å². The first-order valence-corrected chi connectivity index (χ1v) is 10.1. The molecule has 1 aromatic carbocycles. The van der Waals surface area contributed by atoms with Crippen LogP contribution in [0.2, 0.25) is 0 Å². The maximum absolute atomic E-state index is 13.6. The molecular weight excluding hydrogens is 364 g/mol. The van der Waals surface area contributed by atoms with Gasteiger partial charge in [0, 0.05) is 26.3 Å². The lowest BCUT2D eigenvalue weighted by Crippen LogP contribution is -2.48. The molecule has 29 heavy (non-hydrogen) atoms. The molecule has 2 atom stereocenters. The van der Waals surface area contributed by atoms with Crippen LogP contribution in [0.15, 0.2) is 42.6 Å². The molecule has 0 unspecified atom stereocenters. The highest BCUT2D eigenvalue weighted by Gasteiger charge is 2.30. The zero-order valence-electron chi connectivity index (χ0n) is 17.7. The molecule has 0 N–H and O–H groups in total. The Labute approximate surface area is 171 Å². The maximum atomic E-state index is 13.6. The van der Waals surface area contributed by atoms with E-state index in [2.05, 4.69) is 25.1 Å². The fourth-order valence-electron chi connectivity index (χ4n) is 4.02. The lowest BCUT2D eigenvalue weighted by Gasteiger charge is -2.35. The van der Waals surface area contributed by atoms with E-state index in [0.29, 0.717) is 18.8 Å². The van der Waals surface area contributed by atoms with E-state index in [1.165, 1.54) is 0 Å². The van der Waals surface area contributed by atoms with Crippen LogP contribution in [-0.2, 0) is 11.8 Å². The summed E-state index contributed by atoms with van der Waals surface area (Å²) >= 11 is 0. The van der Waals surface area contributed by atoms with Crippen LogP contribution >= 0.6 is 0 Å². The van der Waals surface area contributed by atoms with Crippen LogP contribution in [0.1, 0.15) is 35.5 Å². The third-order valence-corrected chi connectivity index (χ3v) is 5.43. The Kier molecular flexibility index (Phi) is 5.04. The van der Waals surface area contributed by atoms with Crippen LogP contribution in [0, 0.1) is 13.8 Å². The van der Waals surface area contributed by atoms with Crippen LogP contribution in [0.3, 0.4) is 0 Å². The number of morpholine rings is 1. The molecule has 3 aromatic rings. The number of aryl methyl sites for hydroxylation is 3. The highest BCUT2D eigenvalue weighted by Crippen LogP contribution is 2.26. The predicted molar refractivity (Wildman–Crippen MR) is 113 cm³/mol. The molecule has 6 nitrogen and oxygen atoms in total. The number of benzene rings is 1.